The monoisotopic (exact) mass is 408 g/mol. The van der Waals surface area contributed by atoms with E-state index in [0.717, 1.165) is 22.2 Å². The topological polar surface area (TPSA) is 75.0 Å². The molecule has 0 spiro atoms. The van der Waals surface area contributed by atoms with Crippen molar-refractivity contribution < 1.29 is 19.7 Å². The van der Waals surface area contributed by atoms with Gasteiger partial charge in [-0.15, -0.1) is 0 Å². The summed E-state index contributed by atoms with van der Waals surface area (Å²) in [6.07, 6.45) is 2.41. The Labute approximate surface area is 176 Å². The van der Waals surface area contributed by atoms with Crippen LogP contribution in [0.4, 0.5) is 0 Å². The first-order valence-electron chi connectivity index (χ1n) is 10.3. The lowest BCUT2D eigenvalue weighted by atomic mass is 9.84. The largest absolute Gasteiger partial charge is 0.497 e. The van der Waals surface area contributed by atoms with Crippen LogP contribution in [0.3, 0.4) is 0 Å². The van der Waals surface area contributed by atoms with Crippen molar-refractivity contribution in [2.75, 3.05) is 33.4 Å². The number of methoxy groups -OCH3 is 1. The van der Waals surface area contributed by atoms with Gasteiger partial charge in [0.25, 0.3) is 0 Å². The Morgan fingerprint density at radius 1 is 1.07 bits per heavy atom. The number of β-amino-alcohol motifs (C(OH)–C–C–N with tert-alkyl or cyclic N) is 1. The Kier molecular flexibility index (Phi) is 6.18. The Balaban J connectivity index is 1.28. The molecular weight excluding hydrogens is 380 g/mol. The predicted octanol–water partition coefficient (Wildman–Crippen LogP) is 2.97. The maximum atomic E-state index is 11.2. The molecule has 1 aliphatic rings. The van der Waals surface area contributed by atoms with E-state index in [0.29, 0.717) is 38.2 Å². The smallest absolute Gasteiger partial charge is 0.119 e. The number of aromatic nitrogens is 1. The quantitative estimate of drug-likeness (QED) is 0.626. The second kappa shape index (κ2) is 9.00. The Hall–Kier alpha value is -2.67. The van der Waals surface area contributed by atoms with Gasteiger partial charge in [0.15, 0.2) is 0 Å². The molecule has 6 heteroatoms. The number of hydrogen-bond acceptors (Lipinski definition) is 6. The van der Waals surface area contributed by atoms with Crippen LogP contribution in [-0.2, 0) is 5.60 Å². The molecule has 1 aliphatic heterocycles. The third kappa shape index (κ3) is 4.73. The van der Waals surface area contributed by atoms with E-state index in [1.165, 1.54) is 0 Å². The number of aliphatic hydroxyl groups is 2. The number of hydrogen-bond donors (Lipinski definition) is 2. The third-order valence-corrected chi connectivity index (χ3v) is 5.78. The highest BCUT2D eigenvalue weighted by Crippen LogP contribution is 2.33. The van der Waals surface area contributed by atoms with Crippen molar-refractivity contribution >= 4 is 10.9 Å². The highest BCUT2D eigenvalue weighted by molar-refractivity contribution is 5.78. The lowest BCUT2D eigenvalue weighted by Gasteiger charge is -2.39. The molecule has 0 unspecified atom stereocenters. The molecule has 2 heterocycles. The van der Waals surface area contributed by atoms with E-state index >= 15 is 0 Å². The van der Waals surface area contributed by atoms with Crippen LogP contribution in [0, 0.1) is 0 Å². The third-order valence-electron chi connectivity index (χ3n) is 5.78. The Bertz CT molecular complexity index is 968. The fraction of sp³-hybridized carbons (Fsp3) is 0.375. The molecule has 1 atom stereocenters. The number of ether oxygens (including phenoxy) is 2. The van der Waals surface area contributed by atoms with Crippen LogP contribution in [0.1, 0.15) is 18.4 Å². The number of fused-ring (bicyclic) bond motifs is 1. The fourth-order valence-electron chi connectivity index (χ4n) is 3.93. The lowest BCUT2D eigenvalue weighted by molar-refractivity contribution is -0.0373. The van der Waals surface area contributed by atoms with Gasteiger partial charge in [0, 0.05) is 36.8 Å². The van der Waals surface area contributed by atoms with Gasteiger partial charge in [0.2, 0.25) is 0 Å². The van der Waals surface area contributed by atoms with Gasteiger partial charge in [-0.25, -0.2) is 0 Å². The summed E-state index contributed by atoms with van der Waals surface area (Å²) in [6.45, 7) is 2.16. The van der Waals surface area contributed by atoms with Gasteiger partial charge >= 0.3 is 0 Å². The first-order valence-corrected chi connectivity index (χ1v) is 10.3. The number of para-hydroxylation sites is 1. The zero-order valence-electron chi connectivity index (χ0n) is 17.2. The van der Waals surface area contributed by atoms with Gasteiger partial charge in [-0.3, -0.25) is 4.98 Å². The van der Waals surface area contributed by atoms with Crippen LogP contribution in [0.25, 0.3) is 10.9 Å². The molecule has 1 saturated heterocycles. The highest BCUT2D eigenvalue weighted by Gasteiger charge is 2.34. The molecule has 2 aromatic carbocycles. The molecule has 0 radical (unpaired) electrons. The first kappa shape index (κ1) is 20.6. The number of benzene rings is 2. The summed E-state index contributed by atoms with van der Waals surface area (Å²) in [5, 5.41) is 22.6. The number of likely N-dealkylation sites (tertiary alicyclic amines) is 1. The summed E-state index contributed by atoms with van der Waals surface area (Å²) < 4.78 is 10.8. The minimum atomic E-state index is -0.877. The summed E-state index contributed by atoms with van der Waals surface area (Å²) in [6, 6.07) is 17.3. The van der Waals surface area contributed by atoms with Crippen molar-refractivity contribution in [2.24, 2.45) is 0 Å². The van der Waals surface area contributed by atoms with Crippen LogP contribution in [0.5, 0.6) is 11.5 Å². The fourth-order valence-corrected chi connectivity index (χ4v) is 3.93. The molecule has 30 heavy (non-hydrogen) atoms. The van der Waals surface area contributed by atoms with Crippen LogP contribution in [-0.4, -0.2) is 59.6 Å². The average molecular weight is 408 g/mol. The van der Waals surface area contributed by atoms with E-state index in [1.54, 1.807) is 13.3 Å². The normalized spacial score (nSPS) is 17.6. The van der Waals surface area contributed by atoms with Gasteiger partial charge in [0.05, 0.1) is 18.2 Å². The van der Waals surface area contributed by atoms with E-state index in [4.69, 9.17) is 9.47 Å². The molecule has 1 fully saturated rings. The van der Waals surface area contributed by atoms with Gasteiger partial charge in [-0.2, -0.15) is 0 Å². The molecular formula is C24H28N2O4. The van der Waals surface area contributed by atoms with Gasteiger partial charge in [0.1, 0.15) is 24.2 Å². The Morgan fingerprint density at radius 2 is 1.77 bits per heavy atom. The van der Waals surface area contributed by atoms with Crippen LogP contribution < -0.4 is 9.47 Å². The average Bonchev–Trinajstić information content (AvgIpc) is 2.79. The molecule has 158 valence electrons. The predicted molar refractivity (Wildman–Crippen MR) is 116 cm³/mol. The number of piperidine rings is 1. The van der Waals surface area contributed by atoms with Gasteiger partial charge in [-0.1, -0.05) is 18.2 Å². The second-order valence-corrected chi connectivity index (χ2v) is 7.89. The van der Waals surface area contributed by atoms with E-state index in [-0.39, 0.29) is 6.61 Å². The molecule has 0 aliphatic carbocycles. The highest BCUT2D eigenvalue weighted by atomic mass is 16.5. The van der Waals surface area contributed by atoms with E-state index in [2.05, 4.69) is 9.88 Å². The molecule has 2 N–H and O–H groups in total. The zero-order chi connectivity index (χ0) is 21.0. The second-order valence-electron chi connectivity index (χ2n) is 7.89. The summed E-state index contributed by atoms with van der Waals surface area (Å²) in [5.41, 5.74) is 0.921. The summed E-state index contributed by atoms with van der Waals surface area (Å²) in [5.74, 6) is 1.47. The Morgan fingerprint density at radius 3 is 2.50 bits per heavy atom. The van der Waals surface area contributed by atoms with Crippen LogP contribution in [0.15, 0.2) is 60.8 Å². The lowest BCUT2D eigenvalue weighted by Crippen LogP contribution is -2.46. The van der Waals surface area contributed by atoms with Gasteiger partial charge < -0.3 is 24.6 Å². The first-order chi connectivity index (χ1) is 14.6. The number of nitrogens with zero attached hydrogens (tertiary/aromatic N) is 2. The molecule has 3 aromatic rings. The maximum Gasteiger partial charge on any atom is 0.119 e. The molecule has 1 aromatic heterocycles. The summed E-state index contributed by atoms with van der Waals surface area (Å²) in [7, 11) is 1.62. The van der Waals surface area contributed by atoms with Crippen molar-refractivity contribution in [3.8, 4) is 11.5 Å². The standard InChI is InChI=1S/C24H28N2O4/c1-29-21-6-8-22(9-7-21)30-17-20(27)16-26-12-10-24(28,11-13-26)19-14-18-4-2-3-5-23(18)25-15-19/h2-9,14-15,20,27-28H,10-13,16-17H2,1H3/t20-/m0/s1. The molecule has 6 nitrogen and oxygen atoms in total. The number of rotatable bonds is 7. The van der Waals surface area contributed by atoms with Crippen molar-refractivity contribution in [1.29, 1.82) is 0 Å². The number of aliphatic hydroxyl groups excluding tert-OH is 1. The van der Waals surface area contributed by atoms with Gasteiger partial charge in [-0.05, 0) is 49.2 Å². The number of pyridine rings is 1. The van der Waals surface area contributed by atoms with Crippen molar-refractivity contribution in [3.05, 3.63) is 66.4 Å². The molecule has 0 saturated carbocycles. The van der Waals surface area contributed by atoms with Crippen molar-refractivity contribution in [2.45, 2.75) is 24.5 Å². The minimum Gasteiger partial charge on any atom is -0.497 e. The molecule has 0 amide bonds. The van der Waals surface area contributed by atoms with Crippen LogP contribution in [0.2, 0.25) is 0 Å². The van der Waals surface area contributed by atoms with E-state index in [1.807, 2.05) is 54.6 Å². The van der Waals surface area contributed by atoms with Crippen molar-refractivity contribution in [1.82, 2.24) is 9.88 Å². The SMILES string of the molecule is COc1ccc(OC[C@@H](O)CN2CCC(O)(c3cnc4ccccc4c3)CC2)cc1. The molecule has 4 rings (SSSR count). The van der Waals surface area contributed by atoms with Crippen LogP contribution >= 0.6 is 0 Å². The zero-order valence-corrected chi connectivity index (χ0v) is 17.2. The summed E-state index contributed by atoms with van der Waals surface area (Å²) in [4.78, 5) is 6.67. The van der Waals surface area contributed by atoms with E-state index in [9.17, 15) is 10.2 Å². The van der Waals surface area contributed by atoms with E-state index < -0.39 is 11.7 Å². The van der Waals surface area contributed by atoms with Crippen molar-refractivity contribution in [3.63, 3.8) is 0 Å². The summed E-state index contributed by atoms with van der Waals surface area (Å²) >= 11 is 0. The minimum absolute atomic E-state index is 0.224. The molecule has 0 bridgehead atoms. The maximum absolute atomic E-state index is 11.2.